The summed E-state index contributed by atoms with van der Waals surface area (Å²) in [5.74, 6) is -0.188. The molecule has 88 valence electrons. The van der Waals surface area contributed by atoms with Gasteiger partial charge in [0.05, 0.1) is 7.11 Å². The van der Waals surface area contributed by atoms with E-state index in [2.05, 4.69) is 5.32 Å². The topological polar surface area (TPSA) is 38.3 Å². The molecule has 1 aromatic rings. The molecule has 3 nitrogen and oxygen atoms in total. The van der Waals surface area contributed by atoms with Gasteiger partial charge >= 0.3 is 0 Å². The minimum absolute atomic E-state index is 0.0783. The van der Waals surface area contributed by atoms with Crippen LogP contribution in [0.25, 0.3) is 0 Å². The predicted octanol–water partition coefficient (Wildman–Crippen LogP) is 1.73. The van der Waals surface area contributed by atoms with E-state index in [-0.39, 0.29) is 17.6 Å². The number of benzene rings is 1. The van der Waals surface area contributed by atoms with Gasteiger partial charge < -0.3 is 10.1 Å². The van der Waals surface area contributed by atoms with Crippen LogP contribution in [0.15, 0.2) is 18.2 Å². The third kappa shape index (κ3) is 3.70. The largest absolute Gasteiger partial charge is 0.497 e. The molecule has 0 aliphatic carbocycles. The van der Waals surface area contributed by atoms with Crippen LogP contribution >= 0.6 is 11.6 Å². The highest BCUT2D eigenvalue weighted by molar-refractivity contribution is 6.27. The van der Waals surface area contributed by atoms with Crippen LogP contribution in [-0.2, 0) is 11.2 Å². The number of ether oxygens (including phenoxy) is 1. The molecule has 1 N–H and O–H groups in total. The minimum Gasteiger partial charge on any atom is -0.497 e. The van der Waals surface area contributed by atoms with Crippen LogP contribution < -0.4 is 10.1 Å². The van der Waals surface area contributed by atoms with Crippen molar-refractivity contribution in [2.75, 3.05) is 19.5 Å². The van der Waals surface area contributed by atoms with Gasteiger partial charge in [0.15, 0.2) is 0 Å². The van der Waals surface area contributed by atoms with Crippen molar-refractivity contribution >= 4 is 17.5 Å². The molecule has 1 amide bonds. The van der Waals surface area contributed by atoms with Gasteiger partial charge in [-0.05, 0) is 18.1 Å². The maximum absolute atomic E-state index is 13.4. The second kappa shape index (κ2) is 6.33. The van der Waals surface area contributed by atoms with E-state index in [1.807, 2.05) is 0 Å². The van der Waals surface area contributed by atoms with Gasteiger partial charge in [0.2, 0.25) is 5.91 Å². The Hall–Kier alpha value is -1.29. The molecule has 0 saturated heterocycles. The number of halogens is 2. The summed E-state index contributed by atoms with van der Waals surface area (Å²) in [6.07, 6.45) is 0.429. The number of methoxy groups -OCH3 is 1. The summed E-state index contributed by atoms with van der Waals surface area (Å²) < 4.78 is 18.3. The van der Waals surface area contributed by atoms with Crippen LogP contribution in [0.5, 0.6) is 5.75 Å². The molecule has 1 aromatic carbocycles. The molecule has 0 saturated carbocycles. The number of carbonyl (C=O) groups excluding carboxylic acids is 1. The average Bonchev–Trinajstić information content (AvgIpc) is 2.30. The molecule has 0 bridgehead atoms. The molecule has 0 fully saturated rings. The average molecular weight is 246 g/mol. The molecule has 0 spiro atoms. The molecule has 0 unspecified atom stereocenters. The second-order valence-corrected chi connectivity index (χ2v) is 3.46. The zero-order valence-electron chi connectivity index (χ0n) is 8.93. The van der Waals surface area contributed by atoms with Gasteiger partial charge in [0, 0.05) is 12.6 Å². The predicted molar refractivity (Wildman–Crippen MR) is 60.4 cm³/mol. The Balaban J connectivity index is 2.51. The van der Waals surface area contributed by atoms with Crippen molar-refractivity contribution in [2.45, 2.75) is 6.42 Å². The number of hydrogen-bond donors (Lipinski definition) is 1. The van der Waals surface area contributed by atoms with Crippen molar-refractivity contribution in [3.8, 4) is 5.75 Å². The van der Waals surface area contributed by atoms with Gasteiger partial charge in [0.25, 0.3) is 0 Å². The minimum atomic E-state index is -0.334. The van der Waals surface area contributed by atoms with Crippen molar-refractivity contribution in [3.05, 3.63) is 29.6 Å². The second-order valence-electron chi connectivity index (χ2n) is 3.19. The fraction of sp³-hybridized carbons (Fsp3) is 0.364. The quantitative estimate of drug-likeness (QED) is 0.803. The maximum Gasteiger partial charge on any atom is 0.234 e. The lowest BCUT2D eigenvalue weighted by molar-refractivity contribution is -0.118. The number of alkyl halides is 1. The first-order valence-electron chi connectivity index (χ1n) is 4.82. The molecular formula is C11H13ClFNO2. The monoisotopic (exact) mass is 245 g/mol. The fourth-order valence-electron chi connectivity index (χ4n) is 1.24. The fourth-order valence-corrected chi connectivity index (χ4v) is 1.34. The van der Waals surface area contributed by atoms with Crippen LogP contribution in [0.2, 0.25) is 0 Å². The highest BCUT2D eigenvalue weighted by atomic mass is 35.5. The lowest BCUT2D eigenvalue weighted by Crippen LogP contribution is -2.26. The summed E-state index contributed by atoms with van der Waals surface area (Å²) in [7, 11) is 1.48. The van der Waals surface area contributed by atoms with E-state index >= 15 is 0 Å². The van der Waals surface area contributed by atoms with E-state index < -0.39 is 0 Å². The van der Waals surface area contributed by atoms with Gasteiger partial charge in [-0.1, -0.05) is 6.07 Å². The van der Waals surface area contributed by atoms with Gasteiger partial charge in [-0.25, -0.2) is 4.39 Å². The molecule has 0 atom stereocenters. The number of hydrogen-bond acceptors (Lipinski definition) is 2. The third-order valence-electron chi connectivity index (χ3n) is 2.10. The van der Waals surface area contributed by atoms with E-state index in [9.17, 15) is 9.18 Å². The normalized spacial score (nSPS) is 9.94. The van der Waals surface area contributed by atoms with E-state index in [0.29, 0.717) is 24.3 Å². The van der Waals surface area contributed by atoms with Crippen molar-refractivity contribution in [1.82, 2.24) is 5.32 Å². The molecule has 0 aliphatic heterocycles. The van der Waals surface area contributed by atoms with E-state index in [1.54, 1.807) is 12.1 Å². The number of amides is 1. The Bertz CT molecular complexity index is 371. The summed E-state index contributed by atoms with van der Waals surface area (Å²) in [5.41, 5.74) is 0.538. The summed E-state index contributed by atoms with van der Waals surface area (Å²) in [6, 6.07) is 4.64. The zero-order valence-corrected chi connectivity index (χ0v) is 9.68. The standard InChI is InChI=1S/C11H13ClFNO2/c1-16-9-3-2-8(10(13)6-9)4-5-14-11(15)7-12/h2-3,6H,4-5,7H2,1H3,(H,14,15). The molecule has 0 radical (unpaired) electrons. The van der Waals surface area contributed by atoms with Crippen molar-refractivity contribution in [1.29, 1.82) is 0 Å². The summed E-state index contributed by atoms with van der Waals surface area (Å²) in [4.78, 5) is 10.8. The highest BCUT2D eigenvalue weighted by Crippen LogP contribution is 2.16. The van der Waals surface area contributed by atoms with Crippen molar-refractivity contribution in [3.63, 3.8) is 0 Å². The van der Waals surface area contributed by atoms with Crippen molar-refractivity contribution in [2.24, 2.45) is 0 Å². The molecule has 0 aliphatic rings. The molecule has 0 heterocycles. The molecule has 16 heavy (non-hydrogen) atoms. The summed E-state index contributed by atoms with van der Waals surface area (Å²) in [5, 5.41) is 2.57. The van der Waals surface area contributed by atoms with Gasteiger partial charge in [-0.15, -0.1) is 11.6 Å². The Morgan fingerprint density at radius 1 is 1.56 bits per heavy atom. The molecule has 5 heteroatoms. The van der Waals surface area contributed by atoms with Crippen LogP contribution in [0.1, 0.15) is 5.56 Å². The van der Waals surface area contributed by atoms with Gasteiger partial charge in [-0.2, -0.15) is 0 Å². The van der Waals surface area contributed by atoms with Gasteiger partial charge in [0.1, 0.15) is 17.4 Å². The van der Waals surface area contributed by atoms with Gasteiger partial charge in [-0.3, -0.25) is 4.79 Å². The lowest BCUT2D eigenvalue weighted by Gasteiger charge is -2.06. The first-order valence-corrected chi connectivity index (χ1v) is 5.36. The maximum atomic E-state index is 13.4. The summed E-state index contributed by atoms with van der Waals surface area (Å²) >= 11 is 5.30. The molecule has 1 rings (SSSR count). The molecule has 0 aromatic heterocycles. The van der Waals surface area contributed by atoms with Crippen molar-refractivity contribution < 1.29 is 13.9 Å². The smallest absolute Gasteiger partial charge is 0.234 e. The zero-order chi connectivity index (χ0) is 12.0. The number of nitrogens with one attached hydrogen (secondary N) is 1. The first kappa shape index (κ1) is 12.8. The molecular weight excluding hydrogens is 233 g/mol. The van der Waals surface area contributed by atoms with Crippen LogP contribution in [0, 0.1) is 5.82 Å². The first-order chi connectivity index (χ1) is 7.67. The van der Waals surface area contributed by atoms with E-state index in [4.69, 9.17) is 16.3 Å². The Labute approximate surface area is 98.5 Å². The SMILES string of the molecule is COc1ccc(CCNC(=O)CCl)c(F)c1. The number of carbonyl (C=O) groups is 1. The number of rotatable bonds is 5. The van der Waals surface area contributed by atoms with E-state index in [1.165, 1.54) is 13.2 Å². The van der Waals surface area contributed by atoms with Crippen LogP contribution in [0.3, 0.4) is 0 Å². The Morgan fingerprint density at radius 2 is 2.31 bits per heavy atom. The third-order valence-corrected chi connectivity index (χ3v) is 2.34. The Kier molecular flexibility index (Phi) is 5.05. The lowest BCUT2D eigenvalue weighted by atomic mass is 10.1. The van der Waals surface area contributed by atoms with E-state index in [0.717, 1.165) is 0 Å². The highest BCUT2D eigenvalue weighted by Gasteiger charge is 2.04. The van der Waals surface area contributed by atoms with Crippen LogP contribution in [0.4, 0.5) is 4.39 Å². The Morgan fingerprint density at radius 3 is 2.88 bits per heavy atom. The summed E-state index contributed by atoms with van der Waals surface area (Å²) in [6.45, 7) is 0.370. The van der Waals surface area contributed by atoms with Crippen LogP contribution in [-0.4, -0.2) is 25.4 Å².